The van der Waals surface area contributed by atoms with Crippen LogP contribution in [-0.2, 0) is 19.1 Å². The zero-order valence-corrected chi connectivity index (χ0v) is 20.7. The standard InChI is InChI=1S/C26H22F3N3O4S/c1-35-23-11-6-17(14-24(23)36-2)12-13-31-22(18-7-9-21(10-8-18)32(33)34)16-37-25(31)30-20-5-3-4-19(15-20)26(27,28)29/h3-11,14-16H,12-13H2,1-2H3. The lowest BCUT2D eigenvalue weighted by Gasteiger charge is -2.12. The molecule has 37 heavy (non-hydrogen) atoms. The van der Waals surface area contributed by atoms with E-state index >= 15 is 0 Å². The number of nitro benzene ring substituents is 1. The Morgan fingerprint density at radius 1 is 1.00 bits per heavy atom. The predicted octanol–water partition coefficient (Wildman–Crippen LogP) is 6.64. The Morgan fingerprint density at radius 2 is 1.73 bits per heavy atom. The third-order valence-electron chi connectivity index (χ3n) is 5.64. The molecule has 1 aromatic heterocycles. The highest BCUT2D eigenvalue weighted by Gasteiger charge is 2.30. The van der Waals surface area contributed by atoms with Gasteiger partial charge in [-0.3, -0.25) is 10.1 Å². The maximum absolute atomic E-state index is 13.2. The van der Waals surface area contributed by atoms with Crippen LogP contribution in [0.1, 0.15) is 11.1 Å². The topological polar surface area (TPSA) is 78.9 Å². The SMILES string of the molecule is COc1ccc(CCn2c(-c3ccc([N+](=O)[O-])cc3)csc2=Nc2cccc(C(F)(F)F)c2)cc1OC. The Labute approximate surface area is 214 Å². The molecule has 0 aliphatic rings. The largest absolute Gasteiger partial charge is 0.493 e. The minimum atomic E-state index is -4.48. The number of methoxy groups -OCH3 is 2. The van der Waals surface area contributed by atoms with Gasteiger partial charge < -0.3 is 14.0 Å². The lowest BCUT2D eigenvalue weighted by molar-refractivity contribution is -0.384. The van der Waals surface area contributed by atoms with Crippen molar-refractivity contribution in [3.8, 4) is 22.8 Å². The minimum absolute atomic E-state index is 0.0373. The van der Waals surface area contributed by atoms with E-state index in [-0.39, 0.29) is 11.4 Å². The van der Waals surface area contributed by atoms with Crippen molar-refractivity contribution < 1.29 is 27.6 Å². The zero-order valence-electron chi connectivity index (χ0n) is 19.9. The summed E-state index contributed by atoms with van der Waals surface area (Å²) in [5.74, 6) is 1.18. The molecule has 0 bridgehead atoms. The number of nitrogens with zero attached hydrogens (tertiary/aromatic N) is 3. The summed E-state index contributed by atoms with van der Waals surface area (Å²) in [6, 6.07) is 16.5. The van der Waals surface area contributed by atoms with Crippen LogP contribution < -0.4 is 14.3 Å². The molecule has 0 aliphatic heterocycles. The Balaban J connectivity index is 1.76. The van der Waals surface area contributed by atoms with Gasteiger partial charge >= 0.3 is 6.18 Å². The molecule has 0 spiro atoms. The van der Waals surface area contributed by atoms with E-state index in [0.717, 1.165) is 29.0 Å². The van der Waals surface area contributed by atoms with Gasteiger partial charge in [-0.15, -0.1) is 11.3 Å². The van der Waals surface area contributed by atoms with Gasteiger partial charge in [-0.1, -0.05) is 12.1 Å². The second-order valence-electron chi connectivity index (χ2n) is 7.96. The Morgan fingerprint density at radius 3 is 2.38 bits per heavy atom. The minimum Gasteiger partial charge on any atom is -0.493 e. The van der Waals surface area contributed by atoms with Gasteiger partial charge in [0.25, 0.3) is 5.69 Å². The van der Waals surface area contributed by atoms with E-state index < -0.39 is 16.7 Å². The molecule has 0 amide bonds. The molecule has 0 N–H and O–H groups in total. The number of alkyl halides is 3. The summed E-state index contributed by atoms with van der Waals surface area (Å²) in [6.45, 7) is 0.448. The van der Waals surface area contributed by atoms with E-state index in [4.69, 9.17) is 9.47 Å². The molecule has 0 saturated heterocycles. The van der Waals surface area contributed by atoms with Crippen LogP contribution in [0.4, 0.5) is 24.5 Å². The number of thiazole rings is 1. The predicted molar refractivity (Wildman–Crippen MR) is 134 cm³/mol. The highest BCUT2D eigenvalue weighted by atomic mass is 32.1. The molecule has 4 rings (SSSR count). The second-order valence-corrected chi connectivity index (χ2v) is 8.79. The molecule has 7 nitrogen and oxygen atoms in total. The van der Waals surface area contributed by atoms with Crippen molar-refractivity contribution in [1.82, 2.24) is 4.57 Å². The Kier molecular flexibility index (Phi) is 7.63. The first-order chi connectivity index (χ1) is 17.7. The molecule has 0 atom stereocenters. The van der Waals surface area contributed by atoms with Crippen molar-refractivity contribution in [3.05, 3.63) is 98.2 Å². The fourth-order valence-electron chi connectivity index (χ4n) is 3.76. The van der Waals surface area contributed by atoms with E-state index in [2.05, 4.69) is 4.99 Å². The van der Waals surface area contributed by atoms with Gasteiger partial charge in [-0.05, 0) is 60.0 Å². The molecular weight excluding hydrogens is 507 g/mol. The number of benzene rings is 3. The first kappa shape index (κ1) is 26.0. The number of hydrogen-bond acceptors (Lipinski definition) is 6. The molecular formula is C26H22F3N3O4S. The van der Waals surface area contributed by atoms with Crippen molar-refractivity contribution in [1.29, 1.82) is 0 Å². The third-order valence-corrected chi connectivity index (χ3v) is 6.51. The van der Waals surface area contributed by atoms with Gasteiger partial charge in [0.15, 0.2) is 16.3 Å². The molecule has 0 fully saturated rings. The summed E-state index contributed by atoms with van der Waals surface area (Å²) in [5, 5.41) is 12.9. The first-order valence-corrected chi connectivity index (χ1v) is 11.9. The summed E-state index contributed by atoms with van der Waals surface area (Å²) in [6.07, 6.45) is -3.92. The summed E-state index contributed by atoms with van der Waals surface area (Å²) < 4.78 is 52.2. The van der Waals surface area contributed by atoms with Gasteiger partial charge in [-0.2, -0.15) is 13.2 Å². The van der Waals surface area contributed by atoms with Crippen LogP contribution in [0.5, 0.6) is 11.5 Å². The highest BCUT2D eigenvalue weighted by molar-refractivity contribution is 7.07. The average molecular weight is 530 g/mol. The third kappa shape index (κ3) is 6.00. The van der Waals surface area contributed by atoms with Gasteiger partial charge in [0.05, 0.1) is 36.1 Å². The van der Waals surface area contributed by atoms with Gasteiger partial charge in [-0.25, -0.2) is 4.99 Å². The summed E-state index contributed by atoms with van der Waals surface area (Å²) in [4.78, 5) is 15.6. The molecule has 3 aromatic carbocycles. The first-order valence-electron chi connectivity index (χ1n) is 11.1. The van der Waals surface area contributed by atoms with Gasteiger partial charge in [0.2, 0.25) is 0 Å². The fourth-order valence-corrected chi connectivity index (χ4v) is 4.71. The maximum Gasteiger partial charge on any atom is 0.416 e. The van der Waals surface area contributed by atoms with Gasteiger partial charge in [0, 0.05) is 24.1 Å². The van der Waals surface area contributed by atoms with Crippen molar-refractivity contribution in [3.63, 3.8) is 0 Å². The quantitative estimate of drug-likeness (QED) is 0.189. The zero-order chi connectivity index (χ0) is 26.6. The van der Waals surface area contributed by atoms with Crippen LogP contribution >= 0.6 is 11.3 Å². The Hall–Kier alpha value is -4.12. The molecule has 1 heterocycles. The summed E-state index contributed by atoms with van der Waals surface area (Å²) >= 11 is 1.28. The van der Waals surface area contributed by atoms with Gasteiger partial charge in [0.1, 0.15) is 0 Å². The van der Waals surface area contributed by atoms with Crippen LogP contribution in [0.25, 0.3) is 11.3 Å². The second kappa shape index (κ2) is 10.9. The monoisotopic (exact) mass is 529 g/mol. The van der Waals surface area contributed by atoms with E-state index in [1.54, 1.807) is 32.4 Å². The van der Waals surface area contributed by atoms with Crippen LogP contribution in [0.15, 0.2) is 77.1 Å². The Bertz CT molecular complexity index is 1480. The normalized spacial score (nSPS) is 12.0. The number of aromatic nitrogens is 1. The number of hydrogen-bond donors (Lipinski definition) is 0. The number of non-ortho nitro benzene ring substituents is 1. The lowest BCUT2D eigenvalue weighted by atomic mass is 10.1. The molecule has 4 aromatic rings. The molecule has 11 heteroatoms. The smallest absolute Gasteiger partial charge is 0.416 e. The summed E-state index contributed by atoms with van der Waals surface area (Å²) in [7, 11) is 3.10. The molecule has 0 saturated carbocycles. The van der Waals surface area contributed by atoms with Crippen molar-refractivity contribution >= 4 is 22.7 Å². The molecule has 0 aliphatic carbocycles. The fraction of sp³-hybridized carbons (Fsp3) is 0.192. The number of ether oxygens (including phenoxy) is 2. The number of halogens is 3. The number of nitro groups is 1. The molecule has 0 radical (unpaired) electrons. The van der Waals surface area contributed by atoms with Crippen LogP contribution in [0.3, 0.4) is 0 Å². The van der Waals surface area contributed by atoms with E-state index in [9.17, 15) is 23.3 Å². The lowest BCUT2D eigenvalue weighted by Crippen LogP contribution is -2.17. The average Bonchev–Trinajstić information content (AvgIpc) is 3.29. The van der Waals surface area contributed by atoms with Crippen molar-refractivity contribution in [2.24, 2.45) is 4.99 Å². The van der Waals surface area contributed by atoms with Crippen molar-refractivity contribution in [2.45, 2.75) is 19.1 Å². The van der Waals surface area contributed by atoms with Crippen molar-refractivity contribution in [2.75, 3.05) is 14.2 Å². The highest BCUT2D eigenvalue weighted by Crippen LogP contribution is 2.32. The van der Waals surface area contributed by atoms with E-state index in [1.807, 2.05) is 22.1 Å². The van der Waals surface area contributed by atoms with E-state index in [1.165, 1.54) is 35.6 Å². The van der Waals surface area contributed by atoms with Crippen LogP contribution in [0.2, 0.25) is 0 Å². The molecule has 192 valence electrons. The maximum atomic E-state index is 13.2. The summed E-state index contributed by atoms with van der Waals surface area (Å²) in [5.41, 5.74) is 1.77. The number of aryl methyl sites for hydroxylation is 1. The molecule has 0 unspecified atom stereocenters. The van der Waals surface area contributed by atoms with E-state index in [0.29, 0.717) is 29.3 Å². The number of rotatable bonds is 8. The van der Waals surface area contributed by atoms with Crippen LogP contribution in [-0.4, -0.2) is 23.7 Å². The van der Waals surface area contributed by atoms with Crippen LogP contribution in [0, 0.1) is 10.1 Å².